The zero-order chi connectivity index (χ0) is 92.5. The summed E-state index contributed by atoms with van der Waals surface area (Å²) in [6.45, 7) is 31.9. The number of alkyl halides is 6. The van der Waals surface area contributed by atoms with Crippen LogP contribution in [0.2, 0.25) is 19.6 Å². The van der Waals surface area contributed by atoms with E-state index in [-0.39, 0.29) is 219 Å². The van der Waals surface area contributed by atoms with Gasteiger partial charge in [0.25, 0.3) is 6.47 Å². The van der Waals surface area contributed by atoms with E-state index in [1.54, 1.807) is 84.5 Å². The summed E-state index contributed by atoms with van der Waals surface area (Å²) in [5, 5.41) is 18.2. The summed E-state index contributed by atoms with van der Waals surface area (Å²) in [4.78, 5) is 95.5. The van der Waals surface area contributed by atoms with Crippen LogP contribution in [0.15, 0.2) is 228 Å². The van der Waals surface area contributed by atoms with E-state index in [0.29, 0.717) is 63.6 Å². The van der Waals surface area contributed by atoms with E-state index in [1.807, 2.05) is 102 Å². The van der Waals surface area contributed by atoms with E-state index < -0.39 is 72.5 Å². The van der Waals surface area contributed by atoms with Crippen molar-refractivity contribution in [2.24, 2.45) is 21.7 Å². The molecule has 8 aromatic rings. The molecule has 0 fully saturated rings. The number of Topliss-reactive ketones (excluding diaryl/α,β-unsaturated/α-hetero) is 3. The third kappa shape index (κ3) is 39.9. The first-order valence-electron chi connectivity index (χ1n) is 37.9. The van der Waals surface area contributed by atoms with Crippen LogP contribution in [0.25, 0.3) is 0 Å². The van der Waals surface area contributed by atoms with Gasteiger partial charge in [-0.2, -0.15) is 26.3 Å². The number of hydrogen-bond acceptors (Lipinski definition) is 21. The van der Waals surface area contributed by atoms with Gasteiger partial charge in [-0.3, -0.25) is 38.4 Å². The molecule has 1 N–H and O–H groups in total. The molecule has 0 spiro atoms. The minimum atomic E-state index is -4.90. The number of carbonyl (C=O) groups is 8. The Morgan fingerprint density at radius 1 is 0.423 bits per heavy atom. The van der Waals surface area contributed by atoms with Crippen LogP contribution in [-0.4, -0.2) is 116 Å². The van der Waals surface area contributed by atoms with Crippen LogP contribution in [0.1, 0.15) is 171 Å². The summed E-state index contributed by atoms with van der Waals surface area (Å²) in [5.74, 6) is -5.28. The van der Waals surface area contributed by atoms with Crippen molar-refractivity contribution in [3.8, 4) is 0 Å². The van der Waals surface area contributed by atoms with Crippen LogP contribution in [-0.2, 0) is 98.8 Å². The van der Waals surface area contributed by atoms with Gasteiger partial charge in [0.2, 0.25) is 19.7 Å². The molecule has 0 aliphatic heterocycles. The molecule has 0 heterocycles. The molecule has 0 amide bonds. The minimum absolute atomic E-state index is 0. The smallest absolute Gasteiger partial charge is 1.00 e. The van der Waals surface area contributed by atoms with E-state index >= 15 is 0 Å². The Labute approximate surface area is 848 Å². The molecule has 8 aromatic carbocycles. The Hall–Kier alpha value is -5.53. The first-order chi connectivity index (χ1) is 55.8. The summed E-state index contributed by atoms with van der Waals surface area (Å²) in [6, 6.07) is 51.4. The zero-order valence-corrected chi connectivity index (χ0v) is 90.2. The molecular formula is C90H109Cs2F7O19S4Si. The van der Waals surface area contributed by atoms with Gasteiger partial charge in [-0.1, -0.05) is 116 Å². The van der Waals surface area contributed by atoms with E-state index in [2.05, 4.69) is 29.6 Å². The van der Waals surface area contributed by atoms with Crippen LogP contribution in [0, 0.1) is 27.5 Å². The first kappa shape index (κ1) is 117. The number of aliphatic hydroxyl groups is 1. The second-order valence-electron chi connectivity index (χ2n) is 31.1. The molecule has 0 aromatic heterocycles. The van der Waals surface area contributed by atoms with Crippen molar-refractivity contribution in [1.82, 2.24) is 0 Å². The SMILES string of the molecule is CC(=O)c1ccc(F)cc1.CCOC(=O)C(C)(C)Cc1ccc(S(=O)(=O)c2ccc(C(C)(O)C(F)(F)F)cc2)cc1.CCOC(=O)C(C)(C)Cc1ccc(S(=O)(=O)c2ccc(C(C)=O)cc2)cc1.CCOC(=O)C(C)(C)Cc1ccc(S)cc1.CCOC(=O)C(C)(C)Cc1ccc(Sc2ccc(C(C)=O)cc2)cc1.C[Si](C)(C)C(F)(F)F.O=CO[O-].[Cs+].[Cs+].[H-]. The maximum Gasteiger partial charge on any atom is 1.00 e. The summed E-state index contributed by atoms with van der Waals surface area (Å²) in [6.07, 6.45) is -2.79. The maximum absolute atomic E-state index is 13.0. The summed E-state index contributed by atoms with van der Waals surface area (Å²) in [5.41, 5.74) is -0.522. The van der Waals surface area contributed by atoms with Crippen molar-refractivity contribution in [2.45, 2.75) is 208 Å². The normalized spacial score (nSPS) is 11.9. The number of halogens is 7. The number of rotatable bonds is 27. The summed E-state index contributed by atoms with van der Waals surface area (Å²) < 4.78 is 157. The fraction of sp³-hybridized carbons (Fsp3) is 0.378. The monoisotopic (exact) mass is 2050 g/mol. The third-order valence-corrected chi connectivity index (χ3v) is 24.3. The first-order valence-corrected chi connectivity index (χ1v) is 45.7. The average molecular weight is 2050 g/mol. The van der Waals surface area contributed by atoms with Gasteiger partial charge >= 0.3 is 174 Å². The van der Waals surface area contributed by atoms with Crippen molar-refractivity contribution >= 4 is 99.8 Å². The Morgan fingerprint density at radius 3 is 0.862 bits per heavy atom. The number of thiol groups is 1. The number of benzene rings is 8. The van der Waals surface area contributed by atoms with Gasteiger partial charge in [0.05, 0.1) is 67.7 Å². The molecule has 33 heteroatoms. The van der Waals surface area contributed by atoms with E-state index in [1.165, 1.54) is 106 Å². The topological polar surface area (TPSA) is 294 Å². The number of carbonyl (C=O) groups excluding carboxylic acids is 8. The molecule has 0 aliphatic rings. The number of ketones is 3. The average Bonchev–Trinajstić information content (AvgIpc) is 0.789. The fourth-order valence-corrected chi connectivity index (χ4v) is 13.8. The Morgan fingerprint density at radius 2 is 0.634 bits per heavy atom. The van der Waals surface area contributed by atoms with Gasteiger partial charge in [-0.05, 0) is 273 Å². The number of ether oxygens (including phenoxy) is 4. The molecule has 0 aliphatic carbocycles. The largest absolute Gasteiger partial charge is 1.00 e. The van der Waals surface area contributed by atoms with Crippen molar-refractivity contribution in [3.63, 3.8) is 0 Å². The van der Waals surface area contributed by atoms with Gasteiger partial charge in [-0.15, -0.1) is 12.6 Å². The van der Waals surface area contributed by atoms with Crippen molar-refractivity contribution in [1.29, 1.82) is 0 Å². The quantitative estimate of drug-likeness (QED) is 0.00556. The molecule has 0 saturated carbocycles. The molecule has 0 radical (unpaired) electrons. The van der Waals surface area contributed by atoms with Crippen LogP contribution < -0.4 is 143 Å². The van der Waals surface area contributed by atoms with Gasteiger partial charge in [-0.25, -0.2) is 21.2 Å². The molecule has 0 bridgehead atoms. The van der Waals surface area contributed by atoms with Crippen molar-refractivity contribution < 1.29 is 259 Å². The van der Waals surface area contributed by atoms with E-state index in [4.69, 9.17) is 29.0 Å². The predicted octanol–water partition coefficient (Wildman–Crippen LogP) is 13.6. The molecule has 123 heavy (non-hydrogen) atoms. The van der Waals surface area contributed by atoms with E-state index in [0.717, 1.165) is 66.8 Å². The van der Waals surface area contributed by atoms with Crippen LogP contribution in [0.5, 0.6) is 0 Å². The van der Waals surface area contributed by atoms with Gasteiger partial charge in [0, 0.05) is 31.4 Å². The molecule has 19 nitrogen and oxygen atoms in total. The molecule has 1 unspecified atom stereocenters. The molecule has 8 rings (SSSR count). The molecular weight excluding hydrogens is 1940 g/mol. The van der Waals surface area contributed by atoms with Gasteiger partial charge < -0.3 is 35.6 Å². The number of hydrogen-bond donors (Lipinski definition) is 2. The van der Waals surface area contributed by atoms with Gasteiger partial charge in [0.1, 0.15) is 5.82 Å². The van der Waals surface area contributed by atoms with Crippen molar-refractivity contribution in [3.05, 3.63) is 244 Å². The van der Waals surface area contributed by atoms with Crippen LogP contribution in [0.3, 0.4) is 0 Å². The fourth-order valence-electron chi connectivity index (χ4n) is 10.3. The third-order valence-electron chi connectivity index (χ3n) is 17.7. The number of esters is 4. The Balaban J connectivity index is 0. The second kappa shape index (κ2) is 53.4. The maximum atomic E-state index is 13.0. The number of sulfone groups is 2. The zero-order valence-electron chi connectivity index (χ0n) is 74.3. The standard InChI is InChI=1S/C22H25F3O5S.C21H24O5S.C21H24O3S.C13H18O2S.C8H7FO.C4H9F3Si.CH2O3.2Cs.H/c1-5-30-19(26)20(2,3)14-15-6-10-17(11-7-15)31(28,29)18-12-8-16(9-13-18)21(4,27)22(23,24)25;1-5-26-20(23)21(3,4)14-16-6-10-18(11-7-16)27(24,25)19-12-8-17(9-13-19)15(2)22;1-5-24-20(23)21(3,4)14-16-6-10-18(11-7-16)25-19-12-8-17(9-13-19)15(2)22;1-4-15-12(14)13(2,3)9-10-5-7-11(16)8-6-10;1-6(10)7-2-4-8(9)5-3-7;1-8(2,3)4(5,6)7;2-1-4-3;;;/h6-13,27H,5,14H2,1-4H3;6-13H,5,14H2,1-4H3;6-13H,5,14H2,1-4H3;5-8,16H,4,9H2,1-3H3;2-5H,1H3;1-3H3;1,3H;;;/q;;;;;;;2*+1;-1/p-1. The van der Waals surface area contributed by atoms with Crippen molar-refractivity contribution in [2.75, 3.05) is 26.4 Å². The predicted molar refractivity (Wildman–Crippen MR) is 454 cm³/mol. The summed E-state index contributed by atoms with van der Waals surface area (Å²) in [7, 11) is -10.5. The summed E-state index contributed by atoms with van der Waals surface area (Å²) >= 11 is 5.87. The van der Waals surface area contributed by atoms with Gasteiger partial charge in [0.15, 0.2) is 31.0 Å². The Bertz CT molecular complexity index is 4910. The minimum Gasteiger partial charge on any atom is -1.00 e. The molecule has 0 saturated heterocycles. The second-order valence-corrected chi connectivity index (χ2v) is 41.7. The molecule has 662 valence electrons. The van der Waals surface area contributed by atoms with Crippen LogP contribution >= 0.6 is 24.4 Å². The Kier molecular flexibility index (Phi) is 51.0. The van der Waals surface area contributed by atoms with Crippen LogP contribution in [0.4, 0.5) is 30.7 Å². The molecule has 1 atom stereocenters. The van der Waals surface area contributed by atoms with E-state index in [9.17, 15) is 86.2 Å².